The topological polar surface area (TPSA) is 91.0 Å². The number of ether oxygens (including phenoxy) is 1. The van der Waals surface area contributed by atoms with Gasteiger partial charge in [-0.15, -0.1) is 0 Å². The predicted molar refractivity (Wildman–Crippen MR) is 110 cm³/mol. The van der Waals surface area contributed by atoms with Crippen molar-refractivity contribution in [1.82, 2.24) is 15.5 Å². The molecule has 2 bridgehead atoms. The van der Waals surface area contributed by atoms with E-state index >= 15 is 0 Å². The summed E-state index contributed by atoms with van der Waals surface area (Å²) in [5.41, 5.74) is 1.08. The monoisotopic (exact) mass is 412 g/mol. The zero-order chi connectivity index (χ0) is 20.8. The normalized spacial score (nSPS) is 30.3. The minimum atomic E-state index is -0.198. The number of benzene rings is 1. The number of piperidine rings is 3. The van der Waals surface area contributed by atoms with Gasteiger partial charge in [0.05, 0.1) is 11.7 Å². The maximum Gasteiger partial charge on any atom is 0.264 e. The quantitative estimate of drug-likeness (QED) is 0.765. The average molecular weight is 412 g/mol. The van der Waals surface area contributed by atoms with Crippen LogP contribution < -0.4 is 20.3 Å². The Morgan fingerprint density at radius 3 is 2.93 bits per heavy atom. The average Bonchev–Trinajstić information content (AvgIpc) is 2.76. The lowest BCUT2D eigenvalue weighted by Crippen LogP contribution is -2.66. The van der Waals surface area contributed by atoms with Crippen molar-refractivity contribution in [1.29, 1.82) is 0 Å². The van der Waals surface area contributed by atoms with Gasteiger partial charge in [0, 0.05) is 38.2 Å². The van der Waals surface area contributed by atoms with Gasteiger partial charge in [0.15, 0.2) is 6.61 Å². The van der Waals surface area contributed by atoms with Gasteiger partial charge in [0.25, 0.3) is 11.8 Å². The molecule has 3 saturated heterocycles. The molecule has 4 atom stereocenters. The number of carbonyl (C=O) groups excluding carboxylic acids is 3. The van der Waals surface area contributed by atoms with E-state index in [1.165, 1.54) is 4.90 Å². The second kappa shape index (κ2) is 7.58. The van der Waals surface area contributed by atoms with Gasteiger partial charge in [-0.1, -0.05) is 0 Å². The van der Waals surface area contributed by atoms with E-state index in [0.29, 0.717) is 41.8 Å². The first kappa shape index (κ1) is 19.4. The van der Waals surface area contributed by atoms with Crippen LogP contribution in [0.1, 0.15) is 36.0 Å². The molecule has 1 aromatic carbocycles. The summed E-state index contributed by atoms with van der Waals surface area (Å²) in [6.45, 7) is 2.32. The molecule has 4 heterocycles. The van der Waals surface area contributed by atoms with Crippen LogP contribution in [0.2, 0.25) is 0 Å². The Balaban J connectivity index is 1.32. The smallest absolute Gasteiger partial charge is 0.264 e. The summed E-state index contributed by atoms with van der Waals surface area (Å²) in [7, 11) is 1.68. The standard InChI is InChI=1S/C22H28N4O4/c1-25-17-8-13(5-6-19(17)30-12-21(25)28)22(29)24-11-18-15-7-14(9-23-10-15)16-3-2-4-20(27)26(16)18/h5-6,8,14-16,18,23H,2-4,7,9-12H2,1H3,(H,24,29)/t14-,15+,16+,18+/m1/s1. The molecule has 3 fully saturated rings. The predicted octanol–water partition coefficient (Wildman–Crippen LogP) is 0.761. The minimum absolute atomic E-state index is 0.0121. The van der Waals surface area contributed by atoms with E-state index in [1.54, 1.807) is 25.2 Å². The van der Waals surface area contributed by atoms with Gasteiger partial charge in [-0.05, 0) is 55.8 Å². The van der Waals surface area contributed by atoms with Crippen LogP contribution in [0.25, 0.3) is 0 Å². The van der Waals surface area contributed by atoms with E-state index in [0.717, 1.165) is 32.4 Å². The van der Waals surface area contributed by atoms with Crippen LogP contribution in [0.4, 0.5) is 5.69 Å². The summed E-state index contributed by atoms with van der Waals surface area (Å²) in [5.74, 6) is 1.37. The van der Waals surface area contributed by atoms with E-state index in [9.17, 15) is 14.4 Å². The summed E-state index contributed by atoms with van der Waals surface area (Å²) in [5, 5.41) is 6.58. The highest BCUT2D eigenvalue weighted by atomic mass is 16.5. The summed E-state index contributed by atoms with van der Waals surface area (Å²) >= 11 is 0. The van der Waals surface area contributed by atoms with Crippen molar-refractivity contribution in [2.75, 3.05) is 38.2 Å². The van der Waals surface area contributed by atoms with Crippen LogP contribution in [0.15, 0.2) is 18.2 Å². The number of amides is 3. The maximum atomic E-state index is 12.9. The van der Waals surface area contributed by atoms with Crippen LogP contribution in [0, 0.1) is 11.8 Å². The van der Waals surface area contributed by atoms with Gasteiger partial charge in [-0.3, -0.25) is 14.4 Å². The minimum Gasteiger partial charge on any atom is -0.482 e. The third-order valence-electron chi connectivity index (χ3n) is 7.18. The Bertz CT molecular complexity index is 888. The maximum absolute atomic E-state index is 12.9. The van der Waals surface area contributed by atoms with Gasteiger partial charge in [-0.25, -0.2) is 0 Å². The van der Waals surface area contributed by atoms with Crippen molar-refractivity contribution in [3.63, 3.8) is 0 Å². The molecule has 4 aliphatic rings. The van der Waals surface area contributed by atoms with Crippen molar-refractivity contribution in [2.24, 2.45) is 11.8 Å². The largest absolute Gasteiger partial charge is 0.482 e. The molecule has 0 aliphatic carbocycles. The van der Waals surface area contributed by atoms with E-state index in [4.69, 9.17) is 4.74 Å². The van der Waals surface area contributed by atoms with Crippen molar-refractivity contribution in [3.05, 3.63) is 23.8 Å². The van der Waals surface area contributed by atoms with Crippen LogP contribution in [0.3, 0.4) is 0 Å². The fourth-order valence-corrected chi connectivity index (χ4v) is 5.61. The first-order valence-corrected chi connectivity index (χ1v) is 10.9. The lowest BCUT2D eigenvalue weighted by atomic mass is 9.72. The molecule has 8 nitrogen and oxygen atoms in total. The second-order valence-corrected chi connectivity index (χ2v) is 8.88. The van der Waals surface area contributed by atoms with Crippen molar-refractivity contribution < 1.29 is 19.1 Å². The number of likely N-dealkylation sites (N-methyl/N-ethyl adjacent to an activating group) is 1. The van der Waals surface area contributed by atoms with Crippen LogP contribution in [-0.4, -0.2) is 68.0 Å². The highest BCUT2D eigenvalue weighted by Crippen LogP contribution is 2.39. The Kier molecular flexibility index (Phi) is 4.89. The zero-order valence-corrected chi connectivity index (χ0v) is 17.2. The molecule has 160 valence electrons. The number of nitrogens with one attached hydrogen (secondary N) is 2. The van der Waals surface area contributed by atoms with E-state index in [2.05, 4.69) is 15.5 Å². The SMILES string of the molecule is CN1C(=O)COc2ccc(C(=O)NC[C@H]3[C@@H]4CNC[C@@H](C4)[C@@H]4CCCC(=O)N43)cc21. The summed E-state index contributed by atoms with van der Waals surface area (Å²) in [6.07, 6.45) is 3.74. The summed E-state index contributed by atoms with van der Waals surface area (Å²) < 4.78 is 5.44. The lowest BCUT2D eigenvalue weighted by molar-refractivity contribution is -0.148. The molecule has 8 heteroatoms. The van der Waals surface area contributed by atoms with Crippen LogP contribution in [-0.2, 0) is 9.59 Å². The Labute approximate surface area is 175 Å². The highest BCUT2D eigenvalue weighted by Gasteiger charge is 2.47. The summed E-state index contributed by atoms with van der Waals surface area (Å²) in [4.78, 5) is 41.2. The molecule has 0 radical (unpaired) electrons. The fourth-order valence-electron chi connectivity index (χ4n) is 5.61. The van der Waals surface area contributed by atoms with Gasteiger partial charge in [-0.2, -0.15) is 0 Å². The fraction of sp³-hybridized carbons (Fsp3) is 0.591. The Hall–Kier alpha value is -2.61. The number of fused-ring (bicyclic) bond motifs is 5. The molecule has 5 rings (SSSR count). The summed E-state index contributed by atoms with van der Waals surface area (Å²) in [6, 6.07) is 5.45. The molecule has 0 aromatic heterocycles. The molecule has 30 heavy (non-hydrogen) atoms. The number of anilines is 1. The molecular formula is C22H28N4O4. The Morgan fingerprint density at radius 1 is 1.23 bits per heavy atom. The number of hydrogen-bond acceptors (Lipinski definition) is 5. The lowest BCUT2D eigenvalue weighted by Gasteiger charge is -2.54. The van der Waals surface area contributed by atoms with Crippen molar-refractivity contribution in [2.45, 2.75) is 37.8 Å². The first-order valence-electron chi connectivity index (χ1n) is 10.9. The number of hydrogen-bond donors (Lipinski definition) is 2. The molecule has 4 aliphatic heterocycles. The zero-order valence-electron chi connectivity index (χ0n) is 17.2. The van der Waals surface area contributed by atoms with Gasteiger partial charge in [0.2, 0.25) is 5.91 Å². The first-order chi connectivity index (χ1) is 14.5. The second-order valence-electron chi connectivity index (χ2n) is 8.88. The van der Waals surface area contributed by atoms with E-state index in [-0.39, 0.29) is 36.4 Å². The van der Waals surface area contributed by atoms with E-state index < -0.39 is 0 Å². The number of nitrogens with zero attached hydrogens (tertiary/aromatic N) is 2. The van der Waals surface area contributed by atoms with Crippen molar-refractivity contribution in [3.8, 4) is 5.75 Å². The number of carbonyl (C=O) groups is 3. The van der Waals surface area contributed by atoms with Crippen LogP contribution >= 0.6 is 0 Å². The molecule has 0 spiro atoms. The third-order valence-corrected chi connectivity index (χ3v) is 7.18. The number of rotatable bonds is 3. The molecular weight excluding hydrogens is 384 g/mol. The molecule has 1 aromatic rings. The Morgan fingerprint density at radius 2 is 2.07 bits per heavy atom. The van der Waals surface area contributed by atoms with E-state index in [1.807, 2.05) is 0 Å². The molecule has 0 unspecified atom stereocenters. The molecule has 0 saturated carbocycles. The van der Waals surface area contributed by atoms with Crippen molar-refractivity contribution >= 4 is 23.4 Å². The van der Waals surface area contributed by atoms with Crippen LogP contribution in [0.5, 0.6) is 5.75 Å². The van der Waals surface area contributed by atoms with Gasteiger partial charge in [0.1, 0.15) is 5.75 Å². The van der Waals surface area contributed by atoms with Gasteiger partial charge < -0.3 is 25.2 Å². The third kappa shape index (κ3) is 3.23. The molecule has 2 N–H and O–H groups in total. The highest BCUT2D eigenvalue weighted by molar-refractivity contribution is 6.01. The molecule has 3 amide bonds. The van der Waals surface area contributed by atoms with Gasteiger partial charge >= 0.3 is 0 Å².